The Morgan fingerprint density at radius 3 is 2.64 bits per heavy atom. The number of allylic oxidation sites excluding steroid dienone is 1. The lowest BCUT2D eigenvalue weighted by Gasteiger charge is -2.34. The van der Waals surface area contributed by atoms with Gasteiger partial charge in [-0.3, -0.25) is 14.5 Å². The van der Waals surface area contributed by atoms with E-state index in [4.69, 9.17) is 21.1 Å². The molecule has 9 heteroatoms. The van der Waals surface area contributed by atoms with Crippen LogP contribution in [0.2, 0.25) is 5.02 Å². The van der Waals surface area contributed by atoms with E-state index < -0.39 is 30.1 Å². The van der Waals surface area contributed by atoms with Gasteiger partial charge in [-0.25, -0.2) is 0 Å². The summed E-state index contributed by atoms with van der Waals surface area (Å²) >= 11 is 5.92. The highest BCUT2D eigenvalue weighted by Crippen LogP contribution is 2.48. The summed E-state index contributed by atoms with van der Waals surface area (Å²) in [5.41, 5.74) is 2.30. The predicted molar refractivity (Wildman–Crippen MR) is 130 cm³/mol. The maximum Gasteiger partial charge on any atom is 0.398 e. The molecular formula is C27H27ClF2N2O4. The Balaban J connectivity index is 1.45. The van der Waals surface area contributed by atoms with Gasteiger partial charge in [0.25, 0.3) is 5.91 Å². The van der Waals surface area contributed by atoms with Gasteiger partial charge < -0.3 is 14.8 Å². The van der Waals surface area contributed by atoms with Crippen LogP contribution in [0.4, 0.5) is 8.78 Å². The number of carbonyl (C=O) groups is 2. The van der Waals surface area contributed by atoms with E-state index in [1.165, 1.54) is 0 Å². The first kappa shape index (κ1) is 24.9. The molecule has 2 aromatic rings. The van der Waals surface area contributed by atoms with Crippen LogP contribution in [0.1, 0.15) is 52.2 Å². The second-order valence-electron chi connectivity index (χ2n) is 9.42. The zero-order valence-corrected chi connectivity index (χ0v) is 20.5. The third-order valence-electron chi connectivity index (χ3n) is 6.83. The second kappa shape index (κ2) is 10.3. The summed E-state index contributed by atoms with van der Waals surface area (Å²) in [6.07, 6.45) is -1.50. The number of carbonyl (C=O) groups excluding carboxylic acids is 2. The molecule has 0 radical (unpaired) electrons. The number of benzene rings is 2. The fourth-order valence-corrected chi connectivity index (χ4v) is 5.19. The van der Waals surface area contributed by atoms with Gasteiger partial charge in [-0.05, 0) is 54.2 Å². The lowest BCUT2D eigenvalue weighted by molar-refractivity contribution is -0.192. The van der Waals surface area contributed by atoms with Crippen molar-refractivity contribution in [2.75, 3.05) is 26.3 Å². The van der Waals surface area contributed by atoms with E-state index in [0.717, 1.165) is 5.56 Å². The van der Waals surface area contributed by atoms with Crippen LogP contribution in [0, 0.1) is 0 Å². The van der Waals surface area contributed by atoms with Crippen LogP contribution in [-0.2, 0) is 22.6 Å². The largest absolute Gasteiger partial charge is 0.432 e. The maximum atomic E-state index is 14.5. The van der Waals surface area contributed by atoms with Crippen molar-refractivity contribution in [2.45, 2.75) is 44.4 Å². The zero-order valence-electron chi connectivity index (χ0n) is 19.7. The standard InChI is InChI=1S/C27H27ClF2N2O4/c28-20-6-4-17(5-7-20)15-31-26(34)21-3-1-2-19-14-27(29,30)36-23-13-18(12-22(24(19)23)25(21)33)16-32-8-10-35-11-9-32/h3-7,12-13,19H,1-2,8-11,14-16H2,(H,31,34). The van der Waals surface area contributed by atoms with Crippen molar-refractivity contribution in [3.05, 3.63) is 75.3 Å². The number of rotatable bonds is 5. The van der Waals surface area contributed by atoms with Gasteiger partial charge in [0.2, 0.25) is 0 Å². The van der Waals surface area contributed by atoms with Gasteiger partial charge >= 0.3 is 6.11 Å². The number of hydrogen-bond donors (Lipinski definition) is 1. The molecule has 6 nitrogen and oxygen atoms in total. The number of nitrogens with zero attached hydrogens (tertiary/aromatic N) is 1. The minimum atomic E-state index is -3.31. The molecule has 1 N–H and O–H groups in total. The highest BCUT2D eigenvalue weighted by molar-refractivity contribution is 6.30. The molecule has 1 amide bonds. The van der Waals surface area contributed by atoms with Gasteiger partial charge in [0, 0.05) is 42.3 Å². The molecule has 2 aliphatic heterocycles. The van der Waals surface area contributed by atoms with Crippen molar-refractivity contribution in [3.8, 4) is 5.75 Å². The van der Waals surface area contributed by atoms with Crippen molar-refractivity contribution in [1.29, 1.82) is 0 Å². The lowest BCUT2D eigenvalue weighted by atomic mass is 9.80. The Kier molecular flexibility index (Phi) is 7.10. The number of Topliss-reactive ketones (excluding diaryl/α,β-unsaturated/α-hetero) is 1. The van der Waals surface area contributed by atoms with Gasteiger partial charge in [0.15, 0.2) is 5.78 Å². The number of ketones is 1. The van der Waals surface area contributed by atoms with Gasteiger partial charge in [0.1, 0.15) is 5.75 Å². The van der Waals surface area contributed by atoms with Gasteiger partial charge in [0.05, 0.1) is 25.2 Å². The van der Waals surface area contributed by atoms with Gasteiger partial charge in [-0.2, -0.15) is 8.78 Å². The van der Waals surface area contributed by atoms with Crippen LogP contribution < -0.4 is 10.1 Å². The normalized spacial score (nSPS) is 21.5. The van der Waals surface area contributed by atoms with Crippen LogP contribution in [0.25, 0.3) is 0 Å². The molecule has 36 heavy (non-hydrogen) atoms. The molecular weight excluding hydrogens is 490 g/mol. The molecule has 2 heterocycles. The maximum absolute atomic E-state index is 14.5. The molecule has 1 fully saturated rings. The SMILES string of the molecule is O=C(NCc1ccc(Cl)cc1)C1=CCCC2CC(F)(F)Oc3cc(CN4CCOCC4)cc(c32)C1=O. The minimum absolute atomic E-state index is 0.0190. The summed E-state index contributed by atoms with van der Waals surface area (Å²) < 4.78 is 39.4. The second-order valence-corrected chi connectivity index (χ2v) is 9.85. The van der Waals surface area contributed by atoms with E-state index in [9.17, 15) is 18.4 Å². The van der Waals surface area contributed by atoms with Gasteiger partial charge in [-0.1, -0.05) is 29.8 Å². The molecule has 0 saturated carbocycles. The first-order valence-electron chi connectivity index (χ1n) is 12.1. The minimum Gasteiger partial charge on any atom is -0.432 e. The molecule has 0 bridgehead atoms. The van der Waals surface area contributed by atoms with Crippen LogP contribution in [0.3, 0.4) is 0 Å². The number of halogens is 3. The molecule has 1 unspecified atom stereocenters. The van der Waals surface area contributed by atoms with E-state index in [1.807, 2.05) is 0 Å². The summed E-state index contributed by atoms with van der Waals surface area (Å²) in [6, 6.07) is 10.4. The van der Waals surface area contributed by atoms with Crippen molar-refractivity contribution < 1.29 is 27.8 Å². The lowest BCUT2D eigenvalue weighted by Crippen LogP contribution is -2.37. The summed E-state index contributed by atoms with van der Waals surface area (Å²) in [4.78, 5) is 28.9. The Morgan fingerprint density at radius 2 is 1.89 bits per heavy atom. The van der Waals surface area contributed by atoms with Crippen molar-refractivity contribution >= 4 is 23.3 Å². The van der Waals surface area contributed by atoms with Crippen molar-refractivity contribution in [2.24, 2.45) is 0 Å². The number of ether oxygens (including phenoxy) is 2. The third-order valence-corrected chi connectivity index (χ3v) is 7.08. The van der Waals surface area contributed by atoms with E-state index in [1.54, 1.807) is 42.5 Å². The molecule has 190 valence electrons. The quantitative estimate of drug-likeness (QED) is 0.575. The number of nitrogens with one attached hydrogen (secondary N) is 1. The first-order chi connectivity index (χ1) is 17.3. The number of amides is 1. The molecule has 1 atom stereocenters. The predicted octanol–water partition coefficient (Wildman–Crippen LogP) is 4.85. The van der Waals surface area contributed by atoms with Crippen LogP contribution >= 0.6 is 11.6 Å². The summed E-state index contributed by atoms with van der Waals surface area (Å²) in [5.74, 6) is -1.46. The Hall–Kier alpha value is -2.81. The fourth-order valence-electron chi connectivity index (χ4n) is 5.07. The number of alkyl halides is 2. The fraction of sp³-hybridized carbons (Fsp3) is 0.407. The average molecular weight is 517 g/mol. The topological polar surface area (TPSA) is 67.9 Å². The molecule has 3 aliphatic rings. The summed E-state index contributed by atoms with van der Waals surface area (Å²) in [6.45, 7) is 3.30. The van der Waals surface area contributed by atoms with E-state index >= 15 is 0 Å². The van der Waals surface area contributed by atoms with E-state index in [2.05, 4.69) is 10.2 Å². The Bertz CT molecular complexity index is 1190. The summed E-state index contributed by atoms with van der Waals surface area (Å²) in [5, 5.41) is 3.39. The monoisotopic (exact) mass is 516 g/mol. The van der Waals surface area contributed by atoms with Crippen LogP contribution in [-0.4, -0.2) is 49.0 Å². The highest BCUT2D eigenvalue weighted by atomic mass is 35.5. The first-order valence-corrected chi connectivity index (χ1v) is 12.5. The number of morpholine rings is 1. The zero-order chi connectivity index (χ0) is 25.3. The average Bonchev–Trinajstić information content (AvgIpc) is 2.84. The van der Waals surface area contributed by atoms with Crippen LogP contribution in [0.15, 0.2) is 48.0 Å². The summed E-state index contributed by atoms with van der Waals surface area (Å²) in [7, 11) is 0. The smallest absolute Gasteiger partial charge is 0.398 e. The van der Waals surface area contributed by atoms with Crippen molar-refractivity contribution in [3.63, 3.8) is 0 Å². The van der Waals surface area contributed by atoms with E-state index in [-0.39, 0.29) is 23.4 Å². The Morgan fingerprint density at radius 1 is 1.14 bits per heavy atom. The van der Waals surface area contributed by atoms with Crippen molar-refractivity contribution in [1.82, 2.24) is 10.2 Å². The number of hydrogen-bond acceptors (Lipinski definition) is 5. The molecule has 0 spiro atoms. The van der Waals surface area contributed by atoms with Gasteiger partial charge in [-0.15, -0.1) is 0 Å². The molecule has 1 aliphatic carbocycles. The molecule has 0 aromatic heterocycles. The highest BCUT2D eigenvalue weighted by Gasteiger charge is 2.44. The molecule has 1 saturated heterocycles. The van der Waals surface area contributed by atoms with Crippen LogP contribution in [0.5, 0.6) is 5.75 Å². The molecule has 2 aromatic carbocycles. The van der Waals surface area contributed by atoms with E-state index in [0.29, 0.717) is 61.8 Å². The molecule has 5 rings (SSSR count). The third kappa shape index (κ3) is 5.45. The Labute approximate surface area is 213 Å².